The number of allylic oxidation sites excluding steroid dienone is 3. The van der Waals surface area contributed by atoms with Crippen LogP contribution < -0.4 is 5.32 Å². The Morgan fingerprint density at radius 2 is 0.839 bits per heavy atom. The minimum absolute atomic E-state index is 0.0213. The van der Waals surface area contributed by atoms with Gasteiger partial charge in [0.25, 0.3) is 0 Å². The summed E-state index contributed by atoms with van der Waals surface area (Å²) in [5, 5.41) is 23.0. The first-order valence-corrected chi connectivity index (χ1v) is 24.6. The quantitative estimate of drug-likeness (QED) is 0.0324. The van der Waals surface area contributed by atoms with E-state index in [2.05, 4.69) is 31.3 Å². The van der Waals surface area contributed by atoms with Gasteiger partial charge in [-0.3, -0.25) is 9.59 Å². The van der Waals surface area contributed by atoms with E-state index in [0.29, 0.717) is 19.4 Å². The predicted octanol–water partition coefficient (Wildman–Crippen LogP) is 14.3. The summed E-state index contributed by atoms with van der Waals surface area (Å²) in [5.41, 5.74) is 0. The highest BCUT2D eigenvalue weighted by molar-refractivity contribution is 5.76. The van der Waals surface area contributed by atoms with Crippen molar-refractivity contribution in [3.8, 4) is 0 Å². The number of nitrogens with one attached hydrogen (secondary N) is 1. The maximum Gasteiger partial charge on any atom is 0.305 e. The minimum Gasteiger partial charge on any atom is -0.466 e. The van der Waals surface area contributed by atoms with Gasteiger partial charge in [-0.15, -0.1) is 0 Å². The van der Waals surface area contributed by atoms with Crippen LogP contribution in [0, 0.1) is 0 Å². The first-order chi connectivity index (χ1) is 27.5. The molecule has 0 aliphatic carbocycles. The van der Waals surface area contributed by atoms with Gasteiger partial charge in [-0.1, -0.05) is 212 Å². The molecule has 0 saturated heterocycles. The molecule has 0 aliphatic rings. The summed E-state index contributed by atoms with van der Waals surface area (Å²) in [7, 11) is 0. The summed E-state index contributed by atoms with van der Waals surface area (Å²) < 4.78 is 5.44. The highest BCUT2D eigenvalue weighted by atomic mass is 16.5. The SMILES string of the molecule is CCCCC/C=C\CCCCCCCC(=O)OCCCCCCCCCCCCCCC(=O)NC(CO)C(O)/C=C/CCCCCCCCCCCCCCC. The van der Waals surface area contributed by atoms with Gasteiger partial charge in [-0.05, 0) is 57.8 Å². The maximum atomic E-state index is 12.4. The molecule has 2 atom stereocenters. The molecular formula is C50H95NO5. The molecule has 330 valence electrons. The Labute approximate surface area is 348 Å². The van der Waals surface area contributed by atoms with Crippen LogP contribution in [0.3, 0.4) is 0 Å². The molecular weight excluding hydrogens is 695 g/mol. The van der Waals surface area contributed by atoms with Crippen molar-refractivity contribution in [3.63, 3.8) is 0 Å². The number of unbranched alkanes of at least 4 members (excludes halogenated alkanes) is 32. The van der Waals surface area contributed by atoms with Gasteiger partial charge in [0.05, 0.1) is 25.4 Å². The highest BCUT2D eigenvalue weighted by Gasteiger charge is 2.18. The second-order valence-electron chi connectivity index (χ2n) is 16.8. The van der Waals surface area contributed by atoms with Crippen LogP contribution in [-0.2, 0) is 14.3 Å². The van der Waals surface area contributed by atoms with Crippen molar-refractivity contribution in [2.75, 3.05) is 13.2 Å². The van der Waals surface area contributed by atoms with Gasteiger partial charge in [-0.2, -0.15) is 0 Å². The maximum absolute atomic E-state index is 12.4. The zero-order valence-electron chi connectivity index (χ0n) is 37.4. The monoisotopic (exact) mass is 790 g/mol. The summed E-state index contributed by atoms with van der Waals surface area (Å²) in [6.45, 7) is 4.84. The van der Waals surface area contributed by atoms with Gasteiger partial charge in [0.15, 0.2) is 0 Å². The van der Waals surface area contributed by atoms with E-state index in [1.54, 1.807) is 6.08 Å². The fraction of sp³-hybridized carbons (Fsp3) is 0.880. The lowest BCUT2D eigenvalue weighted by molar-refractivity contribution is -0.143. The van der Waals surface area contributed by atoms with Crippen LogP contribution in [-0.4, -0.2) is 47.4 Å². The molecule has 3 N–H and O–H groups in total. The number of carbonyl (C=O) groups excluding carboxylic acids is 2. The molecule has 0 bridgehead atoms. The van der Waals surface area contributed by atoms with E-state index < -0.39 is 12.1 Å². The van der Waals surface area contributed by atoms with Crippen molar-refractivity contribution in [1.82, 2.24) is 5.32 Å². The molecule has 0 aromatic rings. The summed E-state index contributed by atoms with van der Waals surface area (Å²) in [5.74, 6) is -0.105. The third-order valence-electron chi connectivity index (χ3n) is 11.2. The van der Waals surface area contributed by atoms with Crippen molar-refractivity contribution in [2.24, 2.45) is 0 Å². The van der Waals surface area contributed by atoms with Crippen molar-refractivity contribution in [1.29, 1.82) is 0 Å². The number of amides is 1. The van der Waals surface area contributed by atoms with Gasteiger partial charge < -0.3 is 20.3 Å². The summed E-state index contributed by atoms with van der Waals surface area (Å²) in [4.78, 5) is 24.4. The van der Waals surface area contributed by atoms with Crippen LogP contribution in [0.25, 0.3) is 0 Å². The third-order valence-corrected chi connectivity index (χ3v) is 11.2. The topological polar surface area (TPSA) is 95.9 Å². The number of rotatable bonds is 45. The number of hydrogen-bond donors (Lipinski definition) is 3. The Balaban J connectivity index is 3.51. The van der Waals surface area contributed by atoms with E-state index in [1.807, 2.05) is 6.08 Å². The number of esters is 1. The fourth-order valence-electron chi connectivity index (χ4n) is 7.39. The zero-order chi connectivity index (χ0) is 40.8. The minimum atomic E-state index is -0.854. The third kappa shape index (κ3) is 42.0. The van der Waals surface area contributed by atoms with Crippen LogP contribution in [0.15, 0.2) is 24.3 Å². The number of ether oxygens (including phenoxy) is 1. The Hall–Kier alpha value is -1.66. The first-order valence-electron chi connectivity index (χ1n) is 24.6. The molecule has 0 aromatic heterocycles. The molecule has 0 aromatic carbocycles. The highest BCUT2D eigenvalue weighted by Crippen LogP contribution is 2.15. The summed E-state index contributed by atoms with van der Waals surface area (Å²) in [6, 6.07) is -0.639. The van der Waals surface area contributed by atoms with E-state index >= 15 is 0 Å². The summed E-state index contributed by atoms with van der Waals surface area (Å²) in [6.07, 6.45) is 53.1. The van der Waals surface area contributed by atoms with Gasteiger partial charge in [-0.25, -0.2) is 0 Å². The molecule has 0 saturated carbocycles. The summed E-state index contributed by atoms with van der Waals surface area (Å²) >= 11 is 0. The number of hydrogen-bond acceptors (Lipinski definition) is 5. The molecule has 56 heavy (non-hydrogen) atoms. The molecule has 0 heterocycles. The lowest BCUT2D eigenvalue weighted by atomic mass is 10.0. The Morgan fingerprint density at radius 3 is 1.30 bits per heavy atom. The Morgan fingerprint density at radius 1 is 0.482 bits per heavy atom. The molecule has 0 rings (SSSR count). The van der Waals surface area contributed by atoms with E-state index in [-0.39, 0.29) is 18.5 Å². The van der Waals surface area contributed by atoms with Gasteiger partial charge in [0, 0.05) is 12.8 Å². The molecule has 6 nitrogen and oxygen atoms in total. The number of aliphatic hydroxyl groups is 2. The van der Waals surface area contributed by atoms with Crippen LogP contribution >= 0.6 is 0 Å². The van der Waals surface area contributed by atoms with Crippen molar-refractivity contribution in [2.45, 2.75) is 270 Å². The molecule has 6 heteroatoms. The van der Waals surface area contributed by atoms with Gasteiger partial charge in [0.1, 0.15) is 0 Å². The van der Waals surface area contributed by atoms with Crippen LogP contribution in [0.4, 0.5) is 0 Å². The van der Waals surface area contributed by atoms with Crippen molar-refractivity contribution >= 4 is 11.9 Å². The second kappa shape index (κ2) is 46.0. The lowest BCUT2D eigenvalue weighted by Gasteiger charge is -2.20. The standard InChI is InChI=1S/C50H95NO5/c1-3-5-7-9-11-13-15-17-18-19-22-26-30-34-38-42-48(53)47(46-52)51-49(54)43-39-35-31-27-23-20-21-25-29-33-37-41-45-56-50(55)44-40-36-32-28-24-16-14-12-10-8-6-4-2/h12,14,38,42,47-48,52-53H,3-11,13,15-37,39-41,43-46H2,1-2H3,(H,51,54)/b14-12-,42-38+. The molecule has 0 aliphatic heterocycles. The van der Waals surface area contributed by atoms with E-state index in [4.69, 9.17) is 4.74 Å². The van der Waals surface area contributed by atoms with E-state index in [1.165, 1.54) is 173 Å². The predicted molar refractivity (Wildman–Crippen MR) is 241 cm³/mol. The Bertz CT molecular complexity index is 874. The lowest BCUT2D eigenvalue weighted by Crippen LogP contribution is -2.45. The van der Waals surface area contributed by atoms with Gasteiger partial charge >= 0.3 is 5.97 Å². The van der Waals surface area contributed by atoms with Crippen LogP contribution in [0.1, 0.15) is 258 Å². The Kier molecular flexibility index (Phi) is 44.7. The van der Waals surface area contributed by atoms with E-state index in [0.717, 1.165) is 57.8 Å². The molecule has 0 radical (unpaired) electrons. The average Bonchev–Trinajstić information content (AvgIpc) is 3.20. The second-order valence-corrected chi connectivity index (χ2v) is 16.8. The van der Waals surface area contributed by atoms with Crippen LogP contribution in [0.2, 0.25) is 0 Å². The molecule has 2 unspecified atom stereocenters. The number of aliphatic hydroxyl groups excluding tert-OH is 2. The van der Waals surface area contributed by atoms with E-state index in [9.17, 15) is 19.8 Å². The molecule has 1 amide bonds. The average molecular weight is 790 g/mol. The van der Waals surface area contributed by atoms with Crippen molar-refractivity contribution in [3.05, 3.63) is 24.3 Å². The fourth-order valence-corrected chi connectivity index (χ4v) is 7.39. The molecule has 0 fully saturated rings. The molecule has 0 spiro atoms. The number of carbonyl (C=O) groups is 2. The largest absolute Gasteiger partial charge is 0.466 e. The normalized spacial score (nSPS) is 12.9. The zero-order valence-corrected chi connectivity index (χ0v) is 37.4. The van der Waals surface area contributed by atoms with Crippen molar-refractivity contribution < 1.29 is 24.5 Å². The van der Waals surface area contributed by atoms with Gasteiger partial charge in [0.2, 0.25) is 5.91 Å². The van der Waals surface area contributed by atoms with Crippen LogP contribution in [0.5, 0.6) is 0 Å². The smallest absolute Gasteiger partial charge is 0.305 e. The first kappa shape index (κ1) is 54.3.